The van der Waals surface area contributed by atoms with Crippen molar-refractivity contribution in [2.24, 2.45) is 16.1 Å². The molecule has 1 aromatic heterocycles. The van der Waals surface area contributed by atoms with E-state index in [-0.39, 0.29) is 11.3 Å². The summed E-state index contributed by atoms with van der Waals surface area (Å²) in [5.41, 5.74) is 10.4. The number of nitriles is 1. The Labute approximate surface area is 174 Å². The number of aromatic nitrogens is 1. The molecule has 1 saturated carbocycles. The molecule has 2 aromatic rings. The van der Waals surface area contributed by atoms with Crippen LogP contribution in [-0.2, 0) is 0 Å². The highest BCUT2D eigenvalue weighted by Gasteiger charge is 2.50. The molecule has 0 radical (unpaired) electrons. The van der Waals surface area contributed by atoms with E-state index in [1.54, 1.807) is 11.3 Å². The fourth-order valence-corrected chi connectivity index (χ4v) is 6.25. The minimum absolute atomic E-state index is 0.109. The van der Waals surface area contributed by atoms with Gasteiger partial charge in [0, 0.05) is 16.4 Å². The van der Waals surface area contributed by atoms with Crippen LogP contribution < -0.4 is 5.73 Å². The quantitative estimate of drug-likeness (QED) is 0.715. The minimum atomic E-state index is -0.264. The highest BCUT2D eigenvalue weighted by atomic mass is 32.2. The molecule has 2 aliphatic rings. The second kappa shape index (κ2) is 7.73. The maximum absolute atomic E-state index is 10.0. The number of nitrogens with two attached hydrogens (primary N) is 1. The van der Waals surface area contributed by atoms with Crippen LogP contribution in [0.5, 0.6) is 0 Å². The van der Waals surface area contributed by atoms with Crippen molar-refractivity contribution in [2.75, 3.05) is 6.26 Å². The lowest BCUT2D eigenvalue weighted by atomic mass is 9.61. The fourth-order valence-electron chi connectivity index (χ4n) is 4.55. The smallest absolute Gasteiger partial charge is 0.112 e. The van der Waals surface area contributed by atoms with Crippen molar-refractivity contribution in [3.8, 4) is 17.3 Å². The van der Waals surface area contributed by atoms with Gasteiger partial charge in [-0.05, 0) is 26.0 Å². The van der Waals surface area contributed by atoms with Crippen LogP contribution in [0.25, 0.3) is 11.3 Å². The van der Waals surface area contributed by atoms with Crippen LogP contribution in [0.4, 0.5) is 0 Å². The van der Waals surface area contributed by atoms with E-state index in [1.165, 1.54) is 23.7 Å². The molecule has 0 saturated heterocycles. The van der Waals surface area contributed by atoms with Crippen LogP contribution in [-0.4, -0.2) is 17.1 Å². The Kier molecular flexibility index (Phi) is 5.31. The van der Waals surface area contributed by atoms with Crippen molar-refractivity contribution in [1.82, 2.24) is 4.98 Å². The normalized spacial score (nSPS) is 21.5. The monoisotopic (exact) mass is 408 g/mol. The van der Waals surface area contributed by atoms with Gasteiger partial charge < -0.3 is 5.73 Å². The Morgan fingerprint density at radius 3 is 2.57 bits per heavy atom. The molecule has 28 heavy (non-hydrogen) atoms. The number of benzene rings is 1. The Bertz CT molecular complexity index is 973. The van der Waals surface area contributed by atoms with Gasteiger partial charge in [0.2, 0.25) is 0 Å². The van der Waals surface area contributed by atoms with Crippen LogP contribution in [0, 0.1) is 23.7 Å². The van der Waals surface area contributed by atoms with Crippen LogP contribution >= 0.6 is 23.1 Å². The van der Waals surface area contributed by atoms with E-state index in [0.29, 0.717) is 5.84 Å². The van der Waals surface area contributed by atoms with Gasteiger partial charge >= 0.3 is 0 Å². The Morgan fingerprint density at radius 1 is 1.21 bits per heavy atom. The summed E-state index contributed by atoms with van der Waals surface area (Å²) >= 11 is 3.16. The number of aryl methyl sites for hydroxylation is 1. The van der Waals surface area contributed by atoms with Crippen molar-refractivity contribution >= 4 is 28.9 Å². The average Bonchev–Trinajstić information content (AvgIpc) is 3.18. The fraction of sp³-hybridized carbons (Fsp3) is 0.409. The zero-order valence-electron chi connectivity index (χ0n) is 16.2. The first-order valence-electron chi connectivity index (χ1n) is 9.64. The molecule has 0 amide bonds. The Balaban J connectivity index is 1.80. The lowest BCUT2D eigenvalue weighted by molar-refractivity contribution is 0.224. The number of nitrogens with zero attached hydrogens (tertiary/aromatic N) is 3. The SMILES string of the molecule is CSC1=C(C#N)C2(CCCCC2)[C@H](c2nc(-c3ccc(C)cc3)cs2)C(N)=N1. The summed E-state index contributed by atoms with van der Waals surface area (Å²) in [5.74, 6) is 0.498. The Hall–Kier alpha value is -2.10. The van der Waals surface area contributed by atoms with E-state index in [4.69, 9.17) is 10.7 Å². The number of hydrogen-bond acceptors (Lipinski definition) is 6. The van der Waals surface area contributed by atoms with Crippen LogP contribution in [0.15, 0.2) is 45.2 Å². The van der Waals surface area contributed by atoms with Crippen molar-refractivity contribution in [3.63, 3.8) is 0 Å². The summed E-state index contributed by atoms with van der Waals surface area (Å²) in [6, 6.07) is 10.9. The molecular weight excluding hydrogens is 384 g/mol. The maximum Gasteiger partial charge on any atom is 0.112 e. The van der Waals surface area contributed by atoms with Crippen molar-refractivity contribution in [2.45, 2.75) is 44.9 Å². The van der Waals surface area contributed by atoms with Crippen LogP contribution in [0.1, 0.15) is 48.6 Å². The topological polar surface area (TPSA) is 75.1 Å². The van der Waals surface area contributed by atoms with Crippen molar-refractivity contribution in [1.29, 1.82) is 5.26 Å². The van der Waals surface area contributed by atoms with Gasteiger partial charge in [0.05, 0.1) is 23.3 Å². The van der Waals surface area contributed by atoms with Crippen LogP contribution in [0.3, 0.4) is 0 Å². The summed E-state index contributed by atoms with van der Waals surface area (Å²) in [5, 5.41) is 13.9. The van der Waals surface area contributed by atoms with Gasteiger partial charge in [0.15, 0.2) is 0 Å². The zero-order chi connectivity index (χ0) is 19.7. The molecule has 0 unspecified atom stereocenters. The average molecular weight is 409 g/mol. The number of thiazole rings is 1. The largest absolute Gasteiger partial charge is 0.387 e. The van der Waals surface area contributed by atoms with Gasteiger partial charge in [-0.2, -0.15) is 5.26 Å². The van der Waals surface area contributed by atoms with E-state index >= 15 is 0 Å². The molecule has 2 heterocycles. The van der Waals surface area contributed by atoms with E-state index in [9.17, 15) is 5.26 Å². The number of hydrogen-bond donors (Lipinski definition) is 1. The van der Waals surface area contributed by atoms with E-state index < -0.39 is 0 Å². The van der Waals surface area contributed by atoms with Gasteiger partial charge in [0.1, 0.15) is 15.9 Å². The summed E-state index contributed by atoms with van der Waals surface area (Å²) in [7, 11) is 0. The minimum Gasteiger partial charge on any atom is -0.387 e. The lowest BCUT2D eigenvalue weighted by Crippen LogP contribution is -2.43. The van der Waals surface area contributed by atoms with Gasteiger partial charge in [-0.3, -0.25) is 0 Å². The molecular formula is C22H24N4S2. The molecule has 1 aromatic carbocycles. The maximum atomic E-state index is 10.0. The number of thioether (sulfide) groups is 1. The molecule has 1 spiro atoms. The predicted molar refractivity (Wildman–Crippen MR) is 118 cm³/mol. The summed E-state index contributed by atoms with van der Waals surface area (Å²) in [4.78, 5) is 9.61. The molecule has 144 valence electrons. The number of amidine groups is 1. The second-order valence-electron chi connectivity index (χ2n) is 7.62. The molecule has 1 fully saturated rings. The highest BCUT2D eigenvalue weighted by Crippen LogP contribution is 2.56. The van der Waals surface area contributed by atoms with Gasteiger partial charge in [-0.1, -0.05) is 49.1 Å². The van der Waals surface area contributed by atoms with E-state index in [2.05, 4.69) is 47.6 Å². The summed E-state index contributed by atoms with van der Waals surface area (Å²) in [6.45, 7) is 2.08. The third kappa shape index (κ3) is 3.17. The Morgan fingerprint density at radius 2 is 1.93 bits per heavy atom. The van der Waals surface area contributed by atoms with Crippen molar-refractivity contribution in [3.05, 3.63) is 50.8 Å². The van der Waals surface area contributed by atoms with E-state index in [0.717, 1.165) is 52.6 Å². The summed E-state index contributed by atoms with van der Waals surface area (Å²) in [6.07, 6.45) is 7.37. The zero-order valence-corrected chi connectivity index (χ0v) is 17.9. The predicted octanol–water partition coefficient (Wildman–Crippen LogP) is 5.62. The first-order valence-corrected chi connectivity index (χ1v) is 11.7. The molecule has 1 atom stereocenters. The molecule has 1 aliphatic heterocycles. The van der Waals surface area contributed by atoms with Gasteiger partial charge in [0.25, 0.3) is 0 Å². The second-order valence-corrected chi connectivity index (χ2v) is 9.30. The van der Waals surface area contributed by atoms with Crippen molar-refractivity contribution < 1.29 is 0 Å². The first kappa shape index (κ1) is 19.2. The summed E-state index contributed by atoms with van der Waals surface area (Å²) < 4.78 is 0. The van der Waals surface area contributed by atoms with Crippen LogP contribution in [0.2, 0.25) is 0 Å². The highest BCUT2D eigenvalue weighted by molar-refractivity contribution is 8.02. The third-order valence-corrected chi connectivity index (χ3v) is 7.55. The number of rotatable bonds is 3. The van der Waals surface area contributed by atoms with Gasteiger partial charge in [-0.25, -0.2) is 9.98 Å². The molecule has 4 nitrogen and oxygen atoms in total. The molecule has 4 rings (SSSR count). The molecule has 6 heteroatoms. The number of allylic oxidation sites excluding steroid dienone is 1. The molecule has 2 N–H and O–H groups in total. The van der Waals surface area contributed by atoms with E-state index in [1.807, 2.05) is 6.26 Å². The number of aliphatic imine (C=N–C) groups is 1. The first-order chi connectivity index (χ1) is 13.6. The molecule has 0 bridgehead atoms. The third-order valence-electron chi connectivity index (χ3n) is 5.96. The molecule has 1 aliphatic carbocycles. The van der Waals surface area contributed by atoms with Gasteiger partial charge in [-0.15, -0.1) is 23.1 Å². The standard InChI is InChI=1S/C22H24N4S2/c1-14-6-8-15(9-7-14)17-13-28-21(25-17)18-19(24)26-20(27-2)16(12-23)22(18)10-4-3-5-11-22/h6-9,13,18H,3-5,10-11H2,1-2H3,(H2,24,26)/t18-/m0/s1. The lowest BCUT2D eigenvalue weighted by Gasteiger charge is -2.44.